The fraction of sp³-hybridized carbons (Fsp3) is 0.556. The van der Waals surface area contributed by atoms with Gasteiger partial charge in [-0.05, 0) is 20.8 Å². The van der Waals surface area contributed by atoms with E-state index >= 15 is 0 Å². The third-order valence-corrected chi connectivity index (χ3v) is 2.73. The molecule has 0 atom stereocenters. The van der Waals surface area contributed by atoms with Gasteiger partial charge < -0.3 is 5.11 Å². The second-order valence-electron chi connectivity index (χ2n) is 3.99. The maximum atomic E-state index is 9.71. The number of fused-ring (bicyclic) bond motifs is 1. The molecule has 0 fully saturated rings. The van der Waals surface area contributed by atoms with Crippen molar-refractivity contribution in [3.05, 3.63) is 11.4 Å². The first kappa shape index (κ1) is 9.05. The van der Waals surface area contributed by atoms with Gasteiger partial charge in [-0.2, -0.15) is 10.2 Å². The van der Waals surface area contributed by atoms with Crippen LogP contribution >= 0.6 is 0 Å². The van der Waals surface area contributed by atoms with Crippen molar-refractivity contribution in [3.63, 3.8) is 0 Å². The molecule has 76 valence electrons. The molecule has 0 spiro atoms. The minimum Gasteiger partial charge on any atom is -0.504 e. The molecule has 0 radical (unpaired) electrons. The number of aromatic nitrogens is 2. The number of nitrogens with zero attached hydrogens (tertiary/aromatic N) is 4. The van der Waals surface area contributed by atoms with E-state index in [1.165, 1.54) is 0 Å². The lowest BCUT2D eigenvalue weighted by Crippen LogP contribution is -2.44. The van der Waals surface area contributed by atoms with Crippen LogP contribution in [0.1, 0.15) is 25.2 Å². The van der Waals surface area contributed by atoms with Crippen LogP contribution in [-0.4, -0.2) is 33.2 Å². The van der Waals surface area contributed by atoms with Gasteiger partial charge in [0.15, 0.2) is 5.75 Å². The minimum atomic E-state index is -0.337. The lowest BCUT2D eigenvalue weighted by Gasteiger charge is -2.36. The van der Waals surface area contributed by atoms with Crippen LogP contribution in [0.3, 0.4) is 0 Å². The Balaban J connectivity index is 2.67. The minimum absolute atomic E-state index is 0.218. The van der Waals surface area contributed by atoms with Gasteiger partial charge in [0.2, 0.25) is 0 Å². The third-order valence-electron chi connectivity index (χ3n) is 2.73. The molecule has 2 rings (SSSR count). The second kappa shape index (κ2) is 2.50. The highest BCUT2D eigenvalue weighted by molar-refractivity contribution is 5.82. The number of hydrogen-bond acceptors (Lipinski definition) is 4. The molecule has 0 saturated carbocycles. The fourth-order valence-corrected chi connectivity index (χ4v) is 1.49. The first-order valence-corrected chi connectivity index (χ1v) is 4.51. The van der Waals surface area contributed by atoms with Crippen molar-refractivity contribution < 1.29 is 5.11 Å². The molecule has 0 aromatic carbocycles. The van der Waals surface area contributed by atoms with Crippen molar-refractivity contribution in [1.82, 2.24) is 14.8 Å². The van der Waals surface area contributed by atoms with E-state index < -0.39 is 0 Å². The Morgan fingerprint density at radius 2 is 2.07 bits per heavy atom. The quantitative estimate of drug-likeness (QED) is 0.666. The summed E-state index contributed by atoms with van der Waals surface area (Å²) in [6, 6.07) is 0. The summed E-state index contributed by atoms with van der Waals surface area (Å²) in [7, 11) is 1.88. The van der Waals surface area contributed by atoms with Crippen molar-refractivity contribution in [2.24, 2.45) is 5.10 Å². The smallest absolute Gasteiger partial charge is 0.165 e. The molecule has 1 N–H and O–H groups in total. The van der Waals surface area contributed by atoms with Gasteiger partial charge in [-0.3, -0.25) is 5.01 Å². The highest BCUT2D eigenvalue weighted by Gasteiger charge is 2.33. The van der Waals surface area contributed by atoms with Gasteiger partial charge in [0.1, 0.15) is 17.1 Å². The van der Waals surface area contributed by atoms with Crippen molar-refractivity contribution in [2.75, 3.05) is 7.05 Å². The van der Waals surface area contributed by atoms with E-state index in [4.69, 9.17) is 0 Å². The average Bonchev–Trinajstić information content (AvgIpc) is 2.39. The number of hydrogen-bond donors (Lipinski definition) is 1. The van der Waals surface area contributed by atoms with Gasteiger partial charge in [-0.25, -0.2) is 4.68 Å². The van der Waals surface area contributed by atoms with Crippen LogP contribution in [0.15, 0.2) is 5.10 Å². The largest absolute Gasteiger partial charge is 0.504 e. The molecule has 0 saturated heterocycles. The molecule has 1 aliphatic heterocycles. The zero-order chi connectivity index (χ0) is 10.5. The monoisotopic (exact) mass is 194 g/mol. The molecular formula is C9H14N4O. The van der Waals surface area contributed by atoms with Gasteiger partial charge in [-0.1, -0.05) is 0 Å². The van der Waals surface area contributed by atoms with Crippen LogP contribution in [0.5, 0.6) is 5.75 Å². The van der Waals surface area contributed by atoms with Gasteiger partial charge in [0.25, 0.3) is 0 Å². The Morgan fingerprint density at radius 3 is 2.71 bits per heavy atom. The Hall–Kier alpha value is -1.52. The van der Waals surface area contributed by atoms with Gasteiger partial charge in [-0.15, -0.1) is 0 Å². The average molecular weight is 194 g/mol. The predicted molar refractivity (Wildman–Crippen MR) is 53.3 cm³/mol. The zero-order valence-electron chi connectivity index (χ0n) is 8.81. The van der Waals surface area contributed by atoms with E-state index in [0.717, 1.165) is 0 Å². The summed E-state index contributed by atoms with van der Waals surface area (Å²) < 4.78 is 1.78. The number of aromatic hydroxyl groups is 1. The first-order chi connectivity index (χ1) is 6.44. The van der Waals surface area contributed by atoms with Crippen molar-refractivity contribution in [1.29, 1.82) is 0 Å². The topological polar surface area (TPSA) is 53.6 Å². The van der Waals surface area contributed by atoms with Crippen LogP contribution in [0, 0.1) is 6.92 Å². The van der Waals surface area contributed by atoms with Crippen LogP contribution in [-0.2, 0) is 5.66 Å². The molecule has 1 aliphatic rings. The van der Waals surface area contributed by atoms with Crippen LogP contribution < -0.4 is 0 Å². The summed E-state index contributed by atoms with van der Waals surface area (Å²) in [5.74, 6) is 0.218. The zero-order valence-corrected chi connectivity index (χ0v) is 8.81. The second-order valence-corrected chi connectivity index (χ2v) is 3.99. The summed E-state index contributed by atoms with van der Waals surface area (Å²) in [5.41, 5.74) is 0.968. The molecular weight excluding hydrogens is 180 g/mol. The molecule has 5 heteroatoms. The van der Waals surface area contributed by atoms with Crippen LogP contribution in [0.25, 0.3) is 0 Å². The SMILES string of the molecule is Cc1nn2c(c1O)C=NN(C)C2(C)C. The summed E-state index contributed by atoms with van der Waals surface area (Å²) in [5, 5.41) is 20.0. The highest BCUT2D eigenvalue weighted by Crippen LogP contribution is 2.30. The van der Waals surface area contributed by atoms with E-state index in [2.05, 4.69) is 10.2 Å². The molecule has 0 unspecified atom stereocenters. The Labute approximate surface area is 82.6 Å². The van der Waals surface area contributed by atoms with Gasteiger partial charge >= 0.3 is 0 Å². The lowest BCUT2D eigenvalue weighted by atomic mass is 10.2. The van der Waals surface area contributed by atoms with Crippen molar-refractivity contribution in [2.45, 2.75) is 26.4 Å². The van der Waals surface area contributed by atoms with Gasteiger partial charge in [0.05, 0.1) is 6.21 Å². The number of hydrazone groups is 1. The van der Waals surface area contributed by atoms with E-state index in [1.807, 2.05) is 25.9 Å². The molecule has 0 bridgehead atoms. The highest BCUT2D eigenvalue weighted by atomic mass is 16.3. The number of rotatable bonds is 0. The van der Waals surface area contributed by atoms with Crippen molar-refractivity contribution >= 4 is 6.21 Å². The number of aryl methyl sites for hydroxylation is 1. The Bertz CT molecular complexity index is 405. The van der Waals surface area contributed by atoms with E-state index in [1.54, 1.807) is 17.8 Å². The Morgan fingerprint density at radius 1 is 1.43 bits per heavy atom. The van der Waals surface area contributed by atoms with E-state index in [9.17, 15) is 5.11 Å². The molecule has 0 amide bonds. The van der Waals surface area contributed by atoms with E-state index in [-0.39, 0.29) is 11.4 Å². The predicted octanol–water partition coefficient (Wildman–Crippen LogP) is 0.869. The third kappa shape index (κ3) is 0.950. The van der Waals surface area contributed by atoms with Gasteiger partial charge in [0, 0.05) is 7.05 Å². The maximum Gasteiger partial charge on any atom is 0.165 e. The first-order valence-electron chi connectivity index (χ1n) is 4.51. The standard InChI is InChI=1S/C9H14N4O/c1-6-8(14)7-5-10-12(4)9(2,3)13(7)11-6/h5,14H,1-4H3. The molecule has 5 nitrogen and oxygen atoms in total. The normalized spacial score (nSPS) is 18.4. The molecule has 1 aromatic heterocycles. The summed E-state index contributed by atoms with van der Waals surface area (Å²) in [6.07, 6.45) is 1.63. The maximum absolute atomic E-state index is 9.71. The van der Waals surface area contributed by atoms with Crippen LogP contribution in [0.2, 0.25) is 0 Å². The summed E-state index contributed by atoms with van der Waals surface area (Å²) in [4.78, 5) is 0. The Kier molecular flexibility index (Phi) is 1.61. The summed E-state index contributed by atoms with van der Waals surface area (Å²) >= 11 is 0. The summed E-state index contributed by atoms with van der Waals surface area (Å²) in [6.45, 7) is 5.78. The fourth-order valence-electron chi connectivity index (χ4n) is 1.49. The van der Waals surface area contributed by atoms with Crippen molar-refractivity contribution in [3.8, 4) is 5.75 Å². The molecule has 2 heterocycles. The lowest BCUT2D eigenvalue weighted by molar-refractivity contribution is 0.0635. The molecule has 1 aromatic rings. The molecule has 14 heavy (non-hydrogen) atoms. The van der Waals surface area contributed by atoms with E-state index in [0.29, 0.717) is 11.4 Å². The molecule has 0 aliphatic carbocycles. The van der Waals surface area contributed by atoms with Crippen LogP contribution in [0.4, 0.5) is 0 Å².